The Hall–Kier alpha value is -4.16. The van der Waals surface area contributed by atoms with Gasteiger partial charge in [0.1, 0.15) is 18.1 Å². The van der Waals surface area contributed by atoms with Gasteiger partial charge in [0.15, 0.2) is 0 Å². The van der Waals surface area contributed by atoms with E-state index in [9.17, 15) is 4.79 Å². The SMILES string of the molecule is COCCOC(=O)c1ccccc1C1=c2cc3c(cc2Oc2cc4c(cc21)C(C)=CC(C)(C)N4)=NC(C)(C)C=C3C. The highest BCUT2D eigenvalue weighted by Gasteiger charge is 2.30. The van der Waals surface area contributed by atoms with Crippen LogP contribution in [0.3, 0.4) is 0 Å². The van der Waals surface area contributed by atoms with Crippen LogP contribution in [0, 0.1) is 0 Å². The number of anilines is 1. The molecule has 1 N–H and O–H groups in total. The zero-order valence-electron chi connectivity index (χ0n) is 24.8. The monoisotopic (exact) mass is 548 g/mol. The fraction of sp³-hybridized carbons (Fsp3) is 0.314. The number of allylic oxidation sites excluding steroid dienone is 2. The highest BCUT2D eigenvalue weighted by atomic mass is 16.6. The second-order valence-electron chi connectivity index (χ2n) is 12.2. The molecular formula is C35H36N2O4. The van der Waals surface area contributed by atoms with Crippen LogP contribution in [0.15, 0.2) is 65.7 Å². The molecule has 210 valence electrons. The number of rotatable bonds is 5. The summed E-state index contributed by atoms with van der Waals surface area (Å²) in [4.78, 5) is 18.4. The number of nitrogens with zero attached hydrogens (tertiary/aromatic N) is 1. The Balaban J connectivity index is 1.66. The second-order valence-corrected chi connectivity index (χ2v) is 12.2. The standard InChI is InChI=1S/C35H36N2O4/c1-20-18-34(3,4)36-28-16-30-26(14-24(20)28)32(22-10-8-9-11-23(22)33(38)40-13-12-39-7)27-15-25-21(2)19-35(5,6)37-29(25)17-31(27)41-30/h8-11,14-19,36H,12-13H2,1-7H3. The van der Waals surface area contributed by atoms with Gasteiger partial charge in [-0.1, -0.05) is 30.4 Å². The molecule has 0 amide bonds. The number of nitrogens with one attached hydrogen (secondary N) is 1. The van der Waals surface area contributed by atoms with E-state index in [0.717, 1.165) is 55.4 Å². The van der Waals surface area contributed by atoms with Gasteiger partial charge in [-0.2, -0.15) is 0 Å². The molecule has 3 aliphatic rings. The Morgan fingerprint density at radius 1 is 0.878 bits per heavy atom. The van der Waals surface area contributed by atoms with Crippen molar-refractivity contribution in [3.8, 4) is 11.5 Å². The van der Waals surface area contributed by atoms with Crippen molar-refractivity contribution in [2.24, 2.45) is 4.99 Å². The number of carbonyl (C=O) groups excluding carboxylic acids is 1. The second kappa shape index (κ2) is 9.74. The molecule has 0 saturated carbocycles. The van der Waals surface area contributed by atoms with Gasteiger partial charge in [-0.05, 0) is 76.5 Å². The lowest BCUT2D eigenvalue weighted by molar-refractivity contribution is 0.0387. The molecule has 3 aliphatic heterocycles. The molecule has 3 heterocycles. The minimum atomic E-state index is -0.386. The van der Waals surface area contributed by atoms with Gasteiger partial charge >= 0.3 is 5.97 Å². The topological polar surface area (TPSA) is 69.2 Å². The van der Waals surface area contributed by atoms with Crippen LogP contribution < -0.4 is 20.6 Å². The van der Waals surface area contributed by atoms with Crippen molar-refractivity contribution in [3.05, 3.63) is 99.1 Å². The third-order valence-corrected chi connectivity index (χ3v) is 7.78. The number of hydrogen-bond donors (Lipinski definition) is 1. The van der Waals surface area contributed by atoms with Gasteiger partial charge in [-0.15, -0.1) is 0 Å². The van der Waals surface area contributed by atoms with Crippen molar-refractivity contribution in [2.45, 2.75) is 52.6 Å². The molecule has 0 radical (unpaired) electrons. The summed E-state index contributed by atoms with van der Waals surface area (Å²) in [6.07, 6.45) is 4.44. The van der Waals surface area contributed by atoms with Crippen molar-refractivity contribution in [3.63, 3.8) is 0 Å². The first kappa shape index (κ1) is 27.0. The Bertz CT molecular complexity index is 1790. The van der Waals surface area contributed by atoms with Crippen molar-refractivity contribution in [1.82, 2.24) is 0 Å². The molecule has 0 bridgehead atoms. The first-order valence-electron chi connectivity index (χ1n) is 14.0. The average molecular weight is 549 g/mol. The first-order chi connectivity index (χ1) is 19.5. The van der Waals surface area contributed by atoms with Crippen LogP contribution in [-0.2, 0) is 9.47 Å². The molecule has 41 heavy (non-hydrogen) atoms. The maximum Gasteiger partial charge on any atom is 0.338 e. The Morgan fingerprint density at radius 2 is 1.63 bits per heavy atom. The molecule has 3 aromatic rings. The third-order valence-electron chi connectivity index (χ3n) is 7.78. The van der Waals surface area contributed by atoms with E-state index in [1.807, 2.05) is 30.3 Å². The van der Waals surface area contributed by atoms with Gasteiger partial charge in [0, 0.05) is 52.4 Å². The van der Waals surface area contributed by atoms with Crippen molar-refractivity contribution < 1.29 is 19.0 Å². The van der Waals surface area contributed by atoms with Crippen molar-refractivity contribution >= 4 is 28.4 Å². The fourth-order valence-corrected chi connectivity index (χ4v) is 6.23. The van der Waals surface area contributed by atoms with Crippen molar-refractivity contribution in [2.75, 3.05) is 25.6 Å². The van der Waals surface area contributed by atoms with Gasteiger partial charge in [-0.25, -0.2) is 4.79 Å². The highest BCUT2D eigenvalue weighted by molar-refractivity contribution is 6.00. The summed E-state index contributed by atoms with van der Waals surface area (Å²) in [6.45, 7) is 13.3. The number of ether oxygens (including phenoxy) is 3. The number of benzene rings is 3. The smallest absolute Gasteiger partial charge is 0.338 e. The molecule has 0 aromatic heterocycles. The lowest BCUT2D eigenvalue weighted by atomic mass is 9.84. The first-order valence-corrected chi connectivity index (χ1v) is 14.0. The summed E-state index contributed by atoms with van der Waals surface area (Å²) in [5, 5.41) is 5.46. The highest BCUT2D eigenvalue weighted by Crippen LogP contribution is 2.44. The van der Waals surface area contributed by atoms with Gasteiger partial charge in [0.2, 0.25) is 0 Å². The lowest BCUT2D eigenvalue weighted by Gasteiger charge is -2.33. The zero-order chi connectivity index (χ0) is 29.1. The quantitative estimate of drug-likeness (QED) is 0.235. The molecule has 6 heteroatoms. The molecule has 0 aliphatic carbocycles. The normalized spacial score (nSPS) is 17.3. The summed E-state index contributed by atoms with van der Waals surface area (Å²) >= 11 is 0. The Kier molecular flexibility index (Phi) is 6.42. The number of esters is 1. The van der Waals surface area contributed by atoms with Crippen LogP contribution in [0.4, 0.5) is 5.69 Å². The van der Waals surface area contributed by atoms with E-state index in [-0.39, 0.29) is 23.7 Å². The van der Waals surface area contributed by atoms with Gasteiger partial charge < -0.3 is 19.5 Å². The number of hydrogen-bond acceptors (Lipinski definition) is 6. The van der Waals surface area contributed by atoms with E-state index >= 15 is 0 Å². The fourth-order valence-electron chi connectivity index (χ4n) is 6.23. The third kappa shape index (κ3) is 4.87. The van der Waals surface area contributed by atoms with E-state index in [1.54, 1.807) is 7.11 Å². The average Bonchev–Trinajstić information content (AvgIpc) is 2.89. The minimum Gasteiger partial charge on any atom is -0.460 e. The largest absolute Gasteiger partial charge is 0.460 e. The summed E-state index contributed by atoms with van der Waals surface area (Å²) in [6, 6.07) is 16.1. The van der Waals surface area contributed by atoms with Crippen LogP contribution in [0.1, 0.15) is 74.2 Å². The molecular weight excluding hydrogens is 512 g/mol. The van der Waals surface area contributed by atoms with Gasteiger partial charge in [0.05, 0.1) is 28.6 Å². The Morgan fingerprint density at radius 3 is 2.41 bits per heavy atom. The summed E-state index contributed by atoms with van der Waals surface area (Å²) < 4.78 is 17.3. The van der Waals surface area contributed by atoms with Crippen LogP contribution in [0.5, 0.6) is 11.5 Å². The maximum absolute atomic E-state index is 13.4. The molecule has 0 saturated heterocycles. The van der Waals surface area contributed by atoms with E-state index in [0.29, 0.717) is 17.9 Å². The number of carbonyl (C=O) groups is 1. The van der Waals surface area contributed by atoms with Crippen molar-refractivity contribution in [1.29, 1.82) is 0 Å². The molecule has 6 nitrogen and oxygen atoms in total. The van der Waals surface area contributed by atoms with Gasteiger partial charge in [-0.3, -0.25) is 4.99 Å². The van der Waals surface area contributed by atoms with E-state index < -0.39 is 0 Å². The molecule has 0 fully saturated rings. The number of fused-ring (bicyclic) bond motifs is 4. The molecule has 6 rings (SSSR count). The molecule has 0 unspecified atom stereocenters. The van der Waals surface area contributed by atoms with Crippen LogP contribution in [0.2, 0.25) is 0 Å². The lowest BCUT2D eigenvalue weighted by Crippen LogP contribution is -2.32. The predicted octanol–water partition coefficient (Wildman–Crippen LogP) is 6.27. The minimum absolute atomic E-state index is 0.184. The number of methoxy groups -OCH3 is 1. The van der Waals surface area contributed by atoms with Crippen LogP contribution in [0.25, 0.3) is 16.7 Å². The summed E-state index contributed by atoms with van der Waals surface area (Å²) in [7, 11) is 1.59. The summed E-state index contributed by atoms with van der Waals surface area (Å²) in [5.41, 5.74) is 8.20. The van der Waals surface area contributed by atoms with Crippen LogP contribution in [-0.4, -0.2) is 37.4 Å². The van der Waals surface area contributed by atoms with Gasteiger partial charge in [0.25, 0.3) is 0 Å². The zero-order valence-corrected chi connectivity index (χ0v) is 24.8. The van der Waals surface area contributed by atoms with Crippen LogP contribution >= 0.6 is 0 Å². The maximum atomic E-state index is 13.4. The predicted molar refractivity (Wildman–Crippen MR) is 163 cm³/mol. The summed E-state index contributed by atoms with van der Waals surface area (Å²) in [5.74, 6) is 1.06. The van der Waals surface area contributed by atoms with E-state index in [1.165, 1.54) is 5.57 Å². The van der Waals surface area contributed by atoms with E-state index in [2.05, 4.69) is 77.2 Å². The molecule has 3 aromatic carbocycles. The van der Waals surface area contributed by atoms with E-state index in [4.69, 9.17) is 19.2 Å². The molecule has 0 spiro atoms. The molecule has 0 atom stereocenters. The Labute approximate surface area is 241 Å².